The van der Waals surface area contributed by atoms with Crippen molar-refractivity contribution in [3.63, 3.8) is 0 Å². The van der Waals surface area contributed by atoms with Crippen molar-refractivity contribution in [1.29, 1.82) is 0 Å². The summed E-state index contributed by atoms with van der Waals surface area (Å²) in [5.74, 6) is 0.177. The molecule has 3 rings (SSSR count). The van der Waals surface area contributed by atoms with Gasteiger partial charge in [-0.3, -0.25) is 14.6 Å². The zero-order valence-electron chi connectivity index (χ0n) is 20.8. The Balaban J connectivity index is 1.68. The summed E-state index contributed by atoms with van der Waals surface area (Å²) in [6.45, 7) is 4.35. The zero-order valence-corrected chi connectivity index (χ0v) is 20.8. The molecule has 0 bridgehead atoms. The Hall–Kier alpha value is -3.95. The van der Waals surface area contributed by atoms with Crippen molar-refractivity contribution in [3.8, 4) is 11.3 Å². The SMILES string of the molecule is COC(=O)CCNC(=O)c1ccc(N[C@@H](CC(C)C)c2ccc(-c3ccc(C(F)(F)F)cc3)nc2)nc1. The maximum atomic E-state index is 12.8. The van der Waals surface area contributed by atoms with Gasteiger partial charge in [-0.05, 0) is 48.2 Å². The molecule has 2 heterocycles. The number of hydrogen-bond acceptors (Lipinski definition) is 6. The number of pyridine rings is 2. The average molecular weight is 515 g/mol. The van der Waals surface area contributed by atoms with Crippen LogP contribution in [0.5, 0.6) is 0 Å². The number of carbonyl (C=O) groups is 2. The number of esters is 1. The first-order valence-corrected chi connectivity index (χ1v) is 11.8. The number of nitrogens with zero attached hydrogens (tertiary/aromatic N) is 2. The highest BCUT2D eigenvalue weighted by Crippen LogP contribution is 2.31. The van der Waals surface area contributed by atoms with Gasteiger partial charge in [0.05, 0.1) is 36.4 Å². The molecule has 0 fully saturated rings. The summed E-state index contributed by atoms with van der Waals surface area (Å²) < 4.78 is 43.0. The molecule has 1 aromatic carbocycles. The lowest BCUT2D eigenvalue weighted by Gasteiger charge is -2.22. The van der Waals surface area contributed by atoms with Gasteiger partial charge >= 0.3 is 12.1 Å². The lowest BCUT2D eigenvalue weighted by Crippen LogP contribution is -2.26. The Bertz CT molecular complexity index is 1180. The Labute approximate surface area is 213 Å². The number of amides is 1. The van der Waals surface area contributed by atoms with E-state index in [1.165, 1.54) is 25.4 Å². The van der Waals surface area contributed by atoms with Crippen LogP contribution < -0.4 is 10.6 Å². The van der Waals surface area contributed by atoms with E-state index in [1.807, 2.05) is 6.07 Å². The molecule has 0 aliphatic heterocycles. The number of alkyl halides is 3. The van der Waals surface area contributed by atoms with Gasteiger partial charge < -0.3 is 15.4 Å². The number of anilines is 1. The molecular weight excluding hydrogens is 485 g/mol. The van der Waals surface area contributed by atoms with Gasteiger partial charge in [0, 0.05) is 24.5 Å². The van der Waals surface area contributed by atoms with E-state index in [0.29, 0.717) is 28.6 Å². The number of hydrogen-bond donors (Lipinski definition) is 2. The predicted molar refractivity (Wildman–Crippen MR) is 134 cm³/mol. The van der Waals surface area contributed by atoms with Crippen molar-refractivity contribution in [2.24, 2.45) is 5.92 Å². The molecule has 1 amide bonds. The highest BCUT2D eigenvalue weighted by atomic mass is 19.4. The van der Waals surface area contributed by atoms with Gasteiger partial charge in [0.1, 0.15) is 5.82 Å². The molecule has 0 aliphatic rings. The maximum Gasteiger partial charge on any atom is 0.416 e. The maximum absolute atomic E-state index is 12.8. The summed E-state index contributed by atoms with van der Waals surface area (Å²) in [5, 5.41) is 6.01. The standard InChI is InChI=1S/C27H29F3N4O3/c1-17(2)14-23(34-24-11-7-20(16-33-24)26(36)31-13-12-25(35)37-3)19-6-10-22(32-15-19)18-4-8-21(9-5-18)27(28,29)30/h4-11,15-17,23H,12-14H2,1-3H3,(H,31,36)(H,33,34)/t23-/m0/s1. The van der Waals surface area contributed by atoms with Gasteiger partial charge in [-0.15, -0.1) is 0 Å². The number of rotatable bonds is 10. The number of halogens is 3. The van der Waals surface area contributed by atoms with Crippen LogP contribution in [0.25, 0.3) is 11.3 Å². The molecule has 0 saturated carbocycles. The molecular formula is C27H29F3N4O3. The summed E-state index contributed by atoms with van der Waals surface area (Å²) >= 11 is 0. The third-order valence-electron chi connectivity index (χ3n) is 5.59. The van der Waals surface area contributed by atoms with Crippen LogP contribution in [-0.2, 0) is 15.7 Å². The van der Waals surface area contributed by atoms with Gasteiger partial charge in [-0.25, -0.2) is 4.98 Å². The van der Waals surface area contributed by atoms with Crippen LogP contribution in [0, 0.1) is 5.92 Å². The Morgan fingerprint density at radius 2 is 1.70 bits per heavy atom. The Morgan fingerprint density at radius 1 is 0.973 bits per heavy atom. The first-order chi connectivity index (χ1) is 17.6. The number of benzene rings is 1. The number of methoxy groups -OCH3 is 1. The van der Waals surface area contributed by atoms with E-state index in [-0.39, 0.29) is 24.9 Å². The van der Waals surface area contributed by atoms with Crippen molar-refractivity contribution in [2.75, 3.05) is 19.0 Å². The van der Waals surface area contributed by atoms with Crippen LogP contribution in [0.1, 0.15) is 54.2 Å². The van der Waals surface area contributed by atoms with Crippen molar-refractivity contribution in [1.82, 2.24) is 15.3 Å². The fraction of sp³-hybridized carbons (Fsp3) is 0.333. The minimum atomic E-state index is -4.38. The van der Waals surface area contributed by atoms with Crippen LogP contribution in [0.3, 0.4) is 0 Å². The number of nitrogens with one attached hydrogen (secondary N) is 2. The molecule has 1 atom stereocenters. The predicted octanol–water partition coefficient (Wildman–Crippen LogP) is 5.65. The van der Waals surface area contributed by atoms with E-state index in [0.717, 1.165) is 24.1 Å². The third kappa shape index (κ3) is 8.03. The molecule has 10 heteroatoms. The topological polar surface area (TPSA) is 93.2 Å². The molecule has 2 aromatic heterocycles. The zero-order chi connectivity index (χ0) is 27.0. The van der Waals surface area contributed by atoms with Gasteiger partial charge in [0.2, 0.25) is 0 Å². The minimum absolute atomic E-state index is 0.0812. The van der Waals surface area contributed by atoms with E-state index in [9.17, 15) is 22.8 Å². The third-order valence-corrected chi connectivity index (χ3v) is 5.59. The van der Waals surface area contributed by atoms with Gasteiger partial charge in [-0.2, -0.15) is 13.2 Å². The highest BCUT2D eigenvalue weighted by molar-refractivity contribution is 5.94. The first kappa shape index (κ1) is 27.6. The van der Waals surface area contributed by atoms with Crippen LogP contribution in [0.2, 0.25) is 0 Å². The van der Waals surface area contributed by atoms with Crippen molar-refractivity contribution in [2.45, 2.75) is 38.9 Å². The highest BCUT2D eigenvalue weighted by Gasteiger charge is 2.30. The molecule has 196 valence electrons. The summed E-state index contributed by atoms with van der Waals surface area (Å²) in [5.41, 5.74) is 1.72. The smallest absolute Gasteiger partial charge is 0.416 e. The van der Waals surface area contributed by atoms with Crippen LogP contribution in [0.4, 0.5) is 19.0 Å². The van der Waals surface area contributed by atoms with Crippen molar-refractivity contribution in [3.05, 3.63) is 77.6 Å². The number of aromatic nitrogens is 2. The van der Waals surface area contributed by atoms with E-state index in [2.05, 4.69) is 39.2 Å². The second kappa shape index (κ2) is 12.3. The molecule has 7 nitrogen and oxygen atoms in total. The monoisotopic (exact) mass is 514 g/mol. The van der Waals surface area contributed by atoms with Crippen LogP contribution in [-0.4, -0.2) is 35.5 Å². The fourth-order valence-corrected chi connectivity index (χ4v) is 3.64. The fourth-order valence-electron chi connectivity index (χ4n) is 3.64. The minimum Gasteiger partial charge on any atom is -0.469 e. The number of carbonyl (C=O) groups excluding carboxylic acids is 2. The van der Waals surface area contributed by atoms with Crippen molar-refractivity contribution < 1.29 is 27.5 Å². The van der Waals surface area contributed by atoms with E-state index in [4.69, 9.17) is 0 Å². The largest absolute Gasteiger partial charge is 0.469 e. The molecule has 0 aliphatic carbocycles. The lowest BCUT2D eigenvalue weighted by molar-refractivity contribution is -0.140. The van der Waals surface area contributed by atoms with Crippen molar-refractivity contribution >= 4 is 17.7 Å². The average Bonchev–Trinajstić information content (AvgIpc) is 2.88. The second-order valence-electron chi connectivity index (χ2n) is 8.89. The summed E-state index contributed by atoms with van der Waals surface area (Å²) in [6, 6.07) is 11.8. The molecule has 3 aromatic rings. The van der Waals surface area contributed by atoms with E-state index >= 15 is 0 Å². The Kier molecular flexibility index (Phi) is 9.21. The van der Waals surface area contributed by atoms with Crippen LogP contribution in [0.15, 0.2) is 60.9 Å². The molecule has 0 unspecified atom stereocenters. The quantitative estimate of drug-likeness (QED) is 0.340. The number of ether oxygens (including phenoxy) is 1. The first-order valence-electron chi connectivity index (χ1n) is 11.8. The van der Waals surface area contributed by atoms with E-state index < -0.39 is 17.7 Å². The molecule has 2 N–H and O–H groups in total. The van der Waals surface area contributed by atoms with Gasteiger partial charge in [0.15, 0.2) is 0 Å². The van der Waals surface area contributed by atoms with Gasteiger partial charge in [0.25, 0.3) is 5.91 Å². The van der Waals surface area contributed by atoms with Crippen LogP contribution >= 0.6 is 0 Å². The molecule has 0 spiro atoms. The van der Waals surface area contributed by atoms with Gasteiger partial charge in [-0.1, -0.05) is 32.0 Å². The second-order valence-corrected chi connectivity index (χ2v) is 8.89. The summed E-state index contributed by atoms with van der Waals surface area (Å²) in [4.78, 5) is 32.2. The Morgan fingerprint density at radius 3 is 2.24 bits per heavy atom. The molecule has 37 heavy (non-hydrogen) atoms. The molecule has 0 radical (unpaired) electrons. The lowest BCUT2D eigenvalue weighted by atomic mass is 9.97. The summed E-state index contributed by atoms with van der Waals surface area (Å²) in [6.07, 6.45) is -0.368. The normalized spacial score (nSPS) is 12.2. The summed E-state index contributed by atoms with van der Waals surface area (Å²) in [7, 11) is 1.29. The van der Waals surface area contributed by atoms with E-state index in [1.54, 1.807) is 24.4 Å². The molecule has 0 saturated heterocycles.